The minimum Gasteiger partial charge on any atom is -0.392 e. The van der Waals surface area contributed by atoms with Gasteiger partial charge in [-0.2, -0.15) is 5.10 Å². The molecule has 0 radical (unpaired) electrons. The second-order valence-electron chi connectivity index (χ2n) is 3.81. The van der Waals surface area contributed by atoms with Crippen LogP contribution < -0.4 is 0 Å². The lowest BCUT2D eigenvalue weighted by Crippen LogP contribution is -2.01. The summed E-state index contributed by atoms with van der Waals surface area (Å²) < 4.78 is 15.0. The maximum Gasteiger partial charge on any atom is 0.125 e. The van der Waals surface area contributed by atoms with Crippen molar-refractivity contribution in [3.05, 3.63) is 47.0 Å². The molecule has 84 valence electrons. The van der Waals surface area contributed by atoms with Crippen LogP contribution in [0, 0.1) is 19.7 Å². The molecule has 1 N–H and O–H groups in total. The second-order valence-corrected chi connectivity index (χ2v) is 3.81. The lowest BCUT2D eigenvalue weighted by Gasteiger charge is -2.06. The third-order valence-corrected chi connectivity index (χ3v) is 2.38. The van der Waals surface area contributed by atoms with E-state index in [4.69, 9.17) is 5.11 Å². The van der Waals surface area contributed by atoms with E-state index in [1.54, 1.807) is 10.7 Å². The summed E-state index contributed by atoms with van der Waals surface area (Å²) in [5.74, 6) is -0.367. The van der Waals surface area contributed by atoms with Crippen LogP contribution in [0.3, 0.4) is 0 Å². The molecule has 0 aliphatic rings. The van der Waals surface area contributed by atoms with Crippen LogP contribution in [0.1, 0.15) is 17.0 Å². The Morgan fingerprint density at radius 3 is 2.56 bits per heavy atom. The largest absolute Gasteiger partial charge is 0.392 e. The average molecular weight is 220 g/mol. The highest BCUT2D eigenvalue weighted by Gasteiger charge is 2.06. The Hall–Kier alpha value is -1.68. The number of aliphatic hydroxyl groups excluding tert-OH is 1. The summed E-state index contributed by atoms with van der Waals surface area (Å²) >= 11 is 0. The zero-order valence-corrected chi connectivity index (χ0v) is 9.24. The molecule has 0 amide bonds. The van der Waals surface area contributed by atoms with Crippen LogP contribution in [0.25, 0.3) is 5.69 Å². The van der Waals surface area contributed by atoms with Crippen molar-refractivity contribution >= 4 is 0 Å². The zero-order chi connectivity index (χ0) is 11.7. The number of hydrogen-bond donors (Lipinski definition) is 1. The molecule has 0 aliphatic heterocycles. The van der Waals surface area contributed by atoms with Crippen LogP contribution in [-0.2, 0) is 6.61 Å². The molecule has 0 saturated heterocycles. The number of nitrogens with zero attached hydrogens (tertiary/aromatic N) is 2. The molecule has 0 bridgehead atoms. The first kappa shape index (κ1) is 10.8. The lowest BCUT2D eigenvalue weighted by atomic mass is 10.2. The van der Waals surface area contributed by atoms with Crippen molar-refractivity contribution in [2.45, 2.75) is 20.5 Å². The van der Waals surface area contributed by atoms with Crippen molar-refractivity contribution in [2.24, 2.45) is 0 Å². The number of aromatic nitrogens is 2. The third kappa shape index (κ3) is 1.97. The van der Waals surface area contributed by atoms with Crippen LogP contribution >= 0.6 is 0 Å². The number of halogens is 1. The van der Waals surface area contributed by atoms with Crippen molar-refractivity contribution in [1.29, 1.82) is 0 Å². The van der Waals surface area contributed by atoms with Crippen molar-refractivity contribution in [3.8, 4) is 5.69 Å². The predicted octanol–water partition coefficient (Wildman–Crippen LogP) is 2.12. The maximum absolute atomic E-state index is 13.3. The number of benzene rings is 1. The molecule has 0 unspecified atom stereocenters. The van der Waals surface area contributed by atoms with Gasteiger partial charge in [0.15, 0.2) is 0 Å². The van der Waals surface area contributed by atoms with Crippen LogP contribution in [0.4, 0.5) is 4.39 Å². The van der Waals surface area contributed by atoms with E-state index in [0.717, 1.165) is 11.4 Å². The molecule has 0 aliphatic carbocycles. The van der Waals surface area contributed by atoms with Crippen LogP contribution in [0.2, 0.25) is 0 Å². The predicted molar refractivity (Wildman–Crippen MR) is 58.9 cm³/mol. The molecule has 0 spiro atoms. The molecule has 2 rings (SSSR count). The van der Waals surface area contributed by atoms with Gasteiger partial charge in [0.25, 0.3) is 0 Å². The van der Waals surface area contributed by atoms with Crippen molar-refractivity contribution < 1.29 is 9.50 Å². The Balaban J connectivity index is 2.55. The molecule has 0 atom stereocenters. The minimum absolute atomic E-state index is 0.177. The van der Waals surface area contributed by atoms with E-state index in [9.17, 15) is 4.39 Å². The van der Waals surface area contributed by atoms with Crippen molar-refractivity contribution in [2.75, 3.05) is 0 Å². The van der Waals surface area contributed by atoms with Gasteiger partial charge < -0.3 is 5.11 Å². The van der Waals surface area contributed by atoms with Gasteiger partial charge in [-0.3, -0.25) is 0 Å². The topological polar surface area (TPSA) is 38.0 Å². The normalized spacial score (nSPS) is 10.8. The van der Waals surface area contributed by atoms with E-state index in [1.165, 1.54) is 12.1 Å². The van der Waals surface area contributed by atoms with Crippen LogP contribution in [-0.4, -0.2) is 14.9 Å². The van der Waals surface area contributed by atoms with E-state index in [-0.39, 0.29) is 12.4 Å². The summed E-state index contributed by atoms with van der Waals surface area (Å²) in [5, 5.41) is 13.3. The molecule has 1 aromatic heterocycles. The highest BCUT2D eigenvalue weighted by molar-refractivity contribution is 5.37. The van der Waals surface area contributed by atoms with Gasteiger partial charge in [-0.25, -0.2) is 9.07 Å². The second kappa shape index (κ2) is 4.06. The van der Waals surface area contributed by atoms with Crippen LogP contribution in [0.15, 0.2) is 24.3 Å². The molecule has 3 nitrogen and oxygen atoms in total. The molecule has 16 heavy (non-hydrogen) atoms. The number of hydrogen-bond acceptors (Lipinski definition) is 2. The zero-order valence-electron chi connectivity index (χ0n) is 9.24. The first-order chi connectivity index (χ1) is 7.60. The fourth-order valence-corrected chi connectivity index (χ4v) is 1.74. The summed E-state index contributed by atoms with van der Waals surface area (Å²) in [6.07, 6.45) is 0. The highest BCUT2D eigenvalue weighted by Crippen LogP contribution is 2.16. The van der Waals surface area contributed by atoms with E-state index in [1.807, 2.05) is 19.9 Å². The van der Waals surface area contributed by atoms with E-state index < -0.39 is 0 Å². The van der Waals surface area contributed by atoms with Gasteiger partial charge >= 0.3 is 0 Å². The summed E-state index contributed by atoms with van der Waals surface area (Å²) in [7, 11) is 0. The van der Waals surface area contributed by atoms with E-state index in [0.29, 0.717) is 11.3 Å². The van der Waals surface area contributed by atoms with Crippen LogP contribution in [0.5, 0.6) is 0 Å². The van der Waals surface area contributed by atoms with Gasteiger partial charge in [0.1, 0.15) is 5.82 Å². The minimum atomic E-state index is -0.367. The smallest absolute Gasteiger partial charge is 0.125 e. The van der Waals surface area contributed by atoms with Gasteiger partial charge in [-0.1, -0.05) is 0 Å². The van der Waals surface area contributed by atoms with Gasteiger partial charge in [-0.15, -0.1) is 0 Å². The third-order valence-electron chi connectivity index (χ3n) is 2.38. The molecular formula is C12H13FN2O. The summed E-state index contributed by atoms with van der Waals surface area (Å²) in [4.78, 5) is 0. The highest BCUT2D eigenvalue weighted by atomic mass is 19.1. The summed E-state index contributed by atoms with van der Waals surface area (Å²) in [6.45, 7) is 3.61. The number of rotatable bonds is 2. The average Bonchev–Trinajstić information content (AvgIpc) is 2.57. The van der Waals surface area contributed by atoms with Crippen molar-refractivity contribution in [1.82, 2.24) is 9.78 Å². The lowest BCUT2D eigenvalue weighted by molar-refractivity contribution is 0.281. The first-order valence-corrected chi connectivity index (χ1v) is 5.04. The Morgan fingerprint density at radius 2 is 2.00 bits per heavy atom. The summed E-state index contributed by atoms with van der Waals surface area (Å²) in [5.41, 5.74) is 3.00. The Labute approximate surface area is 93.2 Å². The monoisotopic (exact) mass is 220 g/mol. The van der Waals surface area contributed by atoms with Gasteiger partial charge in [0.2, 0.25) is 0 Å². The molecule has 1 heterocycles. The Morgan fingerprint density at radius 1 is 1.25 bits per heavy atom. The molecule has 0 saturated carbocycles. The standard InChI is InChI=1S/C12H13FN2O/c1-8-3-9(2)15(14-8)12-5-10(7-16)4-11(13)6-12/h3-6,16H,7H2,1-2H3. The molecule has 0 fully saturated rings. The maximum atomic E-state index is 13.3. The molecule has 4 heteroatoms. The summed E-state index contributed by atoms with van der Waals surface area (Å²) in [6, 6.07) is 6.36. The number of aryl methyl sites for hydroxylation is 2. The van der Waals surface area contributed by atoms with E-state index in [2.05, 4.69) is 5.10 Å². The van der Waals surface area contributed by atoms with Crippen molar-refractivity contribution in [3.63, 3.8) is 0 Å². The van der Waals surface area contributed by atoms with Gasteiger partial charge in [0.05, 0.1) is 18.0 Å². The molecular weight excluding hydrogens is 207 g/mol. The number of aliphatic hydroxyl groups is 1. The van der Waals surface area contributed by atoms with E-state index >= 15 is 0 Å². The van der Waals surface area contributed by atoms with Gasteiger partial charge in [-0.05, 0) is 43.7 Å². The quantitative estimate of drug-likeness (QED) is 0.841. The van der Waals surface area contributed by atoms with Gasteiger partial charge in [0, 0.05) is 5.69 Å². The fourth-order valence-electron chi connectivity index (χ4n) is 1.74. The SMILES string of the molecule is Cc1cc(C)n(-c2cc(F)cc(CO)c2)n1. The first-order valence-electron chi connectivity index (χ1n) is 5.04. The molecule has 2 aromatic rings. The molecule has 1 aromatic carbocycles. The fraction of sp³-hybridized carbons (Fsp3) is 0.250. The Kier molecular flexibility index (Phi) is 2.75. The Bertz CT molecular complexity index is 520.